The molecule has 0 radical (unpaired) electrons. The summed E-state index contributed by atoms with van der Waals surface area (Å²) in [5.41, 5.74) is 0.795. The molecule has 0 unspecified atom stereocenters. The van der Waals surface area contributed by atoms with Crippen LogP contribution in [0.1, 0.15) is 23.3 Å². The second-order valence-corrected chi connectivity index (χ2v) is 3.65. The maximum absolute atomic E-state index is 11.9. The molecule has 0 atom stereocenters. The number of carbonyl (C=O) groups is 1. The second-order valence-electron chi connectivity index (χ2n) is 3.65. The Hall–Kier alpha value is -1.79. The monoisotopic (exact) mass is 261 g/mol. The Morgan fingerprint density at radius 2 is 2.17 bits per heavy atom. The van der Waals surface area contributed by atoms with Crippen molar-refractivity contribution in [2.75, 3.05) is 18.9 Å². The van der Waals surface area contributed by atoms with E-state index in [9.17, 15) is 18.0 Å². The molecule has 2 N–H and O–H groups in total. The third-order valence-electron chi connectivity index (χ3n) is 2.19. The van der Waals surface area contributed by atoms with Gasteiger partial charge in [0.05, 0.1) is 0 Å². The number of carbonyl (C=O) groups excluding carboxylic acids is 1. The van der Waals surface area contributed by atoms with Crippen molar-refractivity contribution in [1.29, 1.82) is 0 Å². The van der Waals surface area contributed by atoms with E-state index in [0.29, 0.717) is 5.69 Å². The van der Waals surface area contributed by atoms with E-state index in [0.717, 1.165) is 0 Å². The van der Waals surface area contributed by atoms with Crippen LogP contribution < -0.4 is 10.6 Å². The van der Waals surface area contributed by atoms with Gasteiger partial charge in [0.2, 0.25) is 0 Å². The average molecular weight is 261 g/mol. The summed E-state index contributed by atoms with van der Waals surface area (Å²) >= 11 is 0. The lowest BCUT2D eigenvalue weighted by atomic mass is 10.2. The van der Waals surface area contributed by atoms with Crippen LogP contribution in [0.3, 0.4) is 0 Å². The number of halogens is 3. The highest BCUT2D eigenvalue weighted by Crippen LogP contribution is 2.21. The van der Waals surface area contributed by atoms with Crippen molar-refractivity contribution in [3.63, 3.8) is 0 Å². The quantitative estimate of drug-likeness (QED) is 0.799. The minimum Gasteiger partial charge on any atom is -0.385 e. The van der Waals surface area contributed by atoms with Gasteiger partial charge in [-0.05, 0) is 18.6 Å². The zero-order valence-electron chi connectivity index (χ0n) is 9.84. The zero-order valence-corrected chi connectivity index (χ0v) is 9.84. The minimum absolute atomic E-state index is 0.0128. The van der Waals surface area contributed by atoms with E-state index in [1.54, 1.807) is 6.07 Å². The van der Waals surface area contributed by atoms with E-state index in [1.807, 2.05) is 0 Å². The van der Waals surface area contributed by atoms with E-state index < -0.39 is 12.6 Å². The summed E-state index contributed by atoms with van der Waals surface area (Å²) in [7, 11) is 1.48. The molecule has 1 heterocycles. The largest absolute Gasteiger partial charge is 0.389 e. The predicted octanol–water partition coefficient (Wildman–Crippen LogP) is 2.20. The maximum atomic E-state index is 11.9. The number of amides is 1. The third kappa shape index (κ3) is 5.03. The van der Waals surface area contributed by atoms with Gasteiger partial charge in [-0.2, -0.15) is 13.2 Å². The standard InChI is InChI=1S/C11H14F3N3O/c1-15-10(18)9-7-8(3-6-17-9)16-5-2-4-11(12,13)14/h3,6-7H,2,4-5H2,1H3,(H,15,18)(H,16,17). The topological polar surface area (TPSA) is 54.0 Å². The molecule has 18 heavy (non-hydrogen) atoms. The number of nitrogens with one attached hydrogen (secondary N) is 2. The van der Waals surface area contributed by atoms with Crippen molar-refractivity contribution < 1.29 is 18.0 Å². The zero-order chi connectivity index (χ0) is 13.6. The summed E-state index contributed by atoms with van der Waals surface area (Å²) in [6.45, 7) is 0.191. The Labute approximate surface area is 103 Å². The fourth-order valence-electron chi connectivity index (χ4n) is 1.31. The van der Waals surface area contributed by atoms with Crippen LogP contribution in [0.25, 0.3) is 0 Å². The number of rotatable bonds is 5. The van der Waals surface area contributed by atoms with E-state index in [-0.39, 0.29) is 24.6 Å². The molecule has 0 aliphatic rings. The van der Waals surface area contributed by atoms with Gasteiger partial charge >= 0.3 is 6.18 Å². The van der Waals surface area contributed by atoms with Crippen LogP contribution >= 0.6 is 0 Å². The van der Waals surface area contributed by atoms with Crippen LogP contribution in [-0.2, 0) is 0 Å². The fourth-order valence-corrected chi connectivity index (χ4v) is 1.31. The van der Waals surface area contributed by atoms with E-state index >= 15 is 0 Å². The van der Waals surface area contributed by atoms with Gasteiger partial charge in [-0.3, -0.25) is 9.78 Å². The number of aromatic nitrogens is 1. The van der Waals surface area contributed by atoms with Gasteiger partial charge in [-0.25, -0.2) is 0 Å². The summed E-state index contributed by atoms with van der Waals surface area (Å²) in [4.78, 5) is 15.1. The first-order valence-corrected chi connectivity index (χ1v) is 5.41. The van der Waals surface area contributed by atoms with Gasteiger partial charge in [0.1, 0.15) is 5.69 Å². The first kappa shape index (κ1) is 14.3. The molecule has 0 saturated heterocycles. The molecule has 0 saturated carbocycles. The smallest absolute Gasteiger partial charge is 0.385 e. The van der Waals surface area contributed by atoms with Gasteiger partial charge in [-0.1, -0.05) is 0 Å². The SMILES string of the molecule is CNC(=O)c1cc(NCCCC(F)(F)F)ccn1. The van der Waals surface area contributed by atoms with Crippen molar-refractivity contribution >= 4 is 11.6 Å². The van der Waals surface area contributed by atoms with Crippen molar-refractivity contribution in [2.45, 2.75) is 19.0 Å². The lowest BCUT2D eigenvalue weighted by molar-refractivity contribution is -0.134. The number of alkyl halides is 3. The van der Waals surface area contributed by atoms with Crippen molar-refractivity contribution in [1.82, 2.24) is 10.3 Å². The number of hydrogen-bond acceptors (Lipinski definition) is 3. The summed E-state index contributed by atoms with van der Waals surface area (Å²) in [6.07, 6.45) is -3.54. The molecule has 1 aromatic rings. The Morgan fingerprint density at radius 3 is 2.78 bits per heavy atom. The molecule has 0 aromatic carbocycles. The van der Waals surface area contributed by atoms with Gasteiger partial charge < -0.3 is 10.6 Å². The number of nitrogens with zero attached hydrogens (tertiary/aromatic N) is 1. The Kier molecular flexibility index (Phi) is 4.94. The van der Waals surface area contributed by atoms with Crippen LogP contribution in [0.4, 0.5) is 18.9 Å². The fraction of sp³-hybridized carbons (Fsp3) is 0.455. The molecule has 0 fully saturated rings. The Bertz CT molecular complexity index is 407. The minimum atomic E-state index is -4.13. The molecule has 100 valence electrons. The molecule has 4 nitrogen and oxygen atoms in total. The van der Waals surface area contributed by atoms with Crippen LogP contribution in [0, 0.1) is 0 Å². The van der Waals surface area contributed by atoms with Crippen LogP contribution in [0.5, 0.6) is 0 Å². The van der Waals surface area contributed by atoms with Crippen molar-refractivity contribution in [3.05, 3.63) is 24.0 Å². The molecule has 7 heteroatoms. The van der Waals surface area contributed by atoms with Crippen molar-refractivity contribution in [3.8, 4) is 0 Å². The highest BCUT2D eigenvalue weighted by Gasteiger charge is 2.25. The molecular weight excluding hydrogens is 247 g/mol. The van der Waals surface area contributed by atoms with Gasteiger partial charge in [0.25, 0.3) is 5.91 Å². The second kappa shape index (κ2) is 6.23. The number of anilines is 1. The molecule has 0 bridgehead atoms. The van der Waals surface area contributed by atoms with Gasteiger partial charge in [-0.15, -0.1) is 0 Å². The number of hydrogen-bond donors (Lipinski definition) is 2. The molecule has 1 amide bonds. The van der Waals surface area contributed by atoms with Crippen LogP contribution in [0.15, 0.2) is 18.3 Å². The summed E-state index contributed by atoms with van der Waals surface area (Å²) < 4.78 is 35.7. The highest BCUT2D eigenvalue weighted by atomic mass is 19.4. The molecule has 1 aromatic heterocycles. The average Bonchev–Trinajstić information content (AvgIpc) is 2.33. The van der Waals surface area contributed by atoms with E-state index in [2.05, 4.69) is 15.6 Å². The first-order chi connectivity index (χ1) is 8.42. The lowest BCUT2D eigenvalue weighted by Crippen LogP contribution is -2.19. The van der Waals surface area contributed by atoms with E-state index in [1.165, 1.54) is 19.3 Å². The van der Waals surface area contributed by atoms with Gasteiger partial charge in [0.15, 0.2) is 0 Å². The molecular formula is C11H14F3N3O. The summed E-state index contributed by atoms with van der Waals surface area (Å²) in [6, 6.07) is 3.09. The van der Waals surface area contributed by atoms with Crippen LogP contribution in [-0.4, -0.2) is 30.7 Å². The Morgan fingerprint density at radius 1 is 1.44 bits per heavy atom. The van der Waals surface area contributed by atoms with Gasteiger partial charge in [0, 0.05) is 31.9 Å². The predicted molar refractivity (Wildman–Crippen MR) is 61.4 cm³/mol. The molecule has 0 aliphatic heterocycles. The van der Waals surface area contributed by atoms with Crippen LogP contribution in [0.2, 0.25) is 0 Å². The van der Waals surface area contributed by atoms with Crippen molar-refractivity contribution in [2.24, 2.45) is 0 Å². The number of pyridine rings is 1. The summed E-state index contributed by atoms with van der Waals surface area (Å²) in [5.74, 6) is -0.339. The summed E-state index contributed by atoms with van der Waals surface area (Å²) in [5, 5.41) is 5.23. The molecule has 0 spiro atoms. The molecule has 1 rings (SSSR count). The highest BCUT2D eigenvalue weighted by molar-refractivity contribution is 5.92. The molecule has 0 aliphatic carbocycles. The lowest BCUT2D eigenvalue weighted by Gasteiger charge is -2.09. The maximum Gasteiger partial charge on any atom is 0.389 e. The third-order valence-corrected chi connectivity index (χ3v) is 2.19. The normalized spacial score (nSPS) is 11.1. The Balaban J connectivity index is 2.45. The van der Waals surface area contributed by atoms with E-state index in [4.69, 9.17) is 0 Å². The first-order valence-electron chi connectivity index (χ1n) is 5.41.